The molecule has 0 radical (unpaired) electrons. The maximum atomic E-state index is 11.4. The van der Waals surface area contributed by atoms with Gasteiger partial charge in [-0.1, -0.05) is 29.8 Å². The van der Waals surface area contributed by atoms with Crippen molar-refractivity contribution in [3.63, 3.8) is 0 Å². The van der Waals surface area contributed by atoms with Gasteiger partial charge in [0.15, 0.2) is 9.84 Å². The predicted octanol–water partition coefficient (Wildman–Crippen LogP) is 1.21. The first-order chi connectivity index (χ1) is 6.55. The number of nitrogens with two attached hydrogens (primary N) is 1. The van der Waals surface area contributed by atoms with Gasteiger partial charge in [-0.3, -0.25) is 0 Å². The Bertz CT molecular complexity index is 403. The minimum absolute atomic E-state index is 0.00176. The van der Waals surface area contributed by atoms with Gasteiger partial charge in [-0.25, -0.2) is 8.42 Å². The van der Waals surface area contributed by atoms with Crippen LogP contribution in [0.2, 0.25) is 5.02 Å². The molecule has 0 bridgehead atoms. The fourth-order valence-electron chi connectivity index (χ4n) is 1.10. The van der Waals surface area contributed by atoms with Crippen molar-refractivity contribution in [2.45, 2.75) is 5.75 Å². The smallest absolute Gasteiger partial charge is 0.155 e. The predicted molar refractivity (Wildman–Crippen MR) is 58.0 cm³/mol. The van der Waals surface area contributed by atoms with Crippen molar-refractivity contribution in [2.75, 3.05) is 12.3 Å². The molecule has 0 heterocycles. The van der Waals surface area contributed by atoms with E-state index >= 15 is 0 Å². The van der Waals surface area contributed by atoms with E-state index in [1.807, 2.05) is 0 Å². The Morgan fingerprint density at radius 1 is 1.29 bits per heavy atom. The van der Waals surface area contributed by atoms with Crippen molar-refractivity contribution in [3.8, 4) is 0 Å². The van der Waals surface area contributed by atoms with E-state index in [1.165, 1.54) is 0 Å². The first-order valence-electron chi connectivity index (χ1n) is 4.19. The molecule has 0 aromatic heterocycles. The van der Waals surface area contributed by atoms with Crippen molar-refractivity contribution in [1.29, 1.82) is 0 Å². The van der Waals surface area contributed by atoms with Gasteiger partial charge in [0.25, 0.3) is 0 Å². The first-order valence-corrected chi connectivity index (χ1v) is 6.39. The summed E-state index contributed by atoms with van der Waals surface area (Å²) in [4.78, 5) is 0. The molecule has 78 valence electrons. The molecule has 5 heteroatoms. The van der Waals surface area contributed by atoms with E-state index in [0.717, 1.165) is 0 Å². The fraction of sp³-hybridized carbons (Fsp3) is 0.333. The number of sulfone groups is 1. The molecule has 0 amide bonds. The molecule has 3 nitrogen and oxygen atoms in total. The van der Waals surface area contributed by atoms with Crippen LogP contribution in [-0.2, 0) is 15.6 Å². The zero-order chi connectivity index (χ0) is 10.6. The molecule has 0 saturated carbocycles. The van der Waals surface area contributed by atoms with E-state index in [2.05, 4.69) is 0 Å². The Balaban J connectivity index is 2.84. The van der Waals surface area contributed by atoms with Crippen LogP contribution in [0.25, 0.3) is 0 Å². The van der Waals surface area contributed by atoms with Crippen LogP contribution < -0.4 is 5.73 Å². The standard InChI is InChI=1S/C9H12ClNO2S/c10-9-4-2-1-3-8(9)7-14(12,13)6-5-11/h1-4H,5-7,11H2. The molecule has 0 unspecified atom stereocenters. The van der Waals surface area contributed by atoms with Gasteiger partial charge < -0.3 is 5.73 Å². The molecule has 0 atom stereocenters. The third kappa shape index (κ3) is 3.29. The highest BCUT2D eigenvalue weighted by Crippen LogP contribution is 2.17. The summed E-state index contributed by atoms with van der Waals surface area (Å²) in [5.41, 5.74) is 5.82. The summed E-state index contributed by atoms with van der Waals surface area (Å²) >= 11 is 5.83. The zero-order valence-corrected chi connectivity index (χ0v) is 9.18. The van der Waals surface area contributed by atoms with Crippen molar-refractivity contribution < 1.29 is 8.42 Å². The quantitative estimate of drug-likeness (QED) is 0.851. The second-order valence-corrected chi connectivity index (χ2v) is 5.56. The molecule has 2 N–H and O–H groups in total. The van der Waals surface area contributed by atoms with Crippen molar-refractivity contribution >= 4 is 21.4 Å². The van der Waals surface area contributed by atoms with Gasteiger partial charge in [0.2, 0.25) is 0 Å². The van der Waals surface area contributed by atoms with Crippen LogP contribution in [0, 0.1) is 0 Å². The maximum absolute atomic E-state index is 11.4. The molecule has 1 aromatic carbocycles. The van der Waals surface area contributed by atoms with Crippen LogP contribution in [0.3, 0.4) is 0 Å². The van der Waals surface area contributed by atoms with E-state index in [-0.39, 0.29) is 18.1 Å². The van der Waals surface area contributed by atoms with Gasteiger partial charge in [0, 0.05) is 11.6 Å². The van der Waals surface area contributed by atoms with E-state index in [9.17, 15) is 8.42 Å². The largest absolute Gasteiger partial charge is 0.329 e. The molecule has 0 aliphatic rings. The lowest BCUT2D eigenvalue weighted by atomic mass is 10.2. The zero-order valence-electron chi connectivity index (χ0n) is 7.61. The Morgan fingerprint density at radius 3 is 2.50 bits per heavy atom. The van der Waals surface area contributed by atoms with E-state index in [4.69, 9.17) is 17.3 Å². The summed E-state index contributed by atoms with van der Waals surface area (Å²) in [5.74, 6) is -0.0396. The van der Waals surface area contributed by atoms with Crippen LogP contribution in [0.15, 0.2) is 24.3 Å². The van der Waals surface area contributed by atoms with Gasteiger partial charge in [-0.05, 0) is 11.6 Å². The molecule has 1 rings (SSSR count). The van der Waals surface area contributed by atoms with Crippen molar-refractivity contribution in [2.24, 2.45) is 5.73 Å². The Morgan fingerprint density at radius 2 is 1.93 bits per heavy atom. The van der Waals surface area contributed by atoms with E-state index in [0.29, 0.717) is 10.6 Å². The number of benzene rings is 1. The number of rotatable bonds is 4. The molecular weight excluding hydrogens is 222 g/mol. The summed E-state index contributed by atoms with van der Waals surface area (Å²) < 4.78 is 22.8. The lowest BCUT2D eigenvalue weighted by Gasteiger charge is -2.04. The average molecular weight is 234 g/mol. The number of hydrogen-bond acceptors (Lipinski definition) is 3. The van der Waals surface area contributed by atoms with Gasteiger partial charge in [-0.2, -0.15) is 0 Å². The van der Waals surface area contributed by atoms with Gasteiger partial charge in [0.05, 0.1) is 11.5 Å². The lowest BCUT2D eigenvalue weighted by Crippen LogP contribution is -2.17. The number of halogens is 1. The summed E-state index contributed by atoms with van der Waals surface area (Å²) in [6.07, 6.45) is 0. The molecule has 0 aliphatic heterocycles. The van der Waals surface area contributed by atoms with Gasteiger partial charge in [0.1, 0.15) is 0 Å². The third-order valence-corrected chi connectivity index (χ3v) is 3.74. The summed E-state index contributed by atoms with van der Waals surface area (Å²) in [6, 6.07) is 6.91. The molecule has 0 fully saturated rings. The Hall–Kier alpha value is -0.580. The van der Waals surface area contributed by atoms with Crippen LogP contribution in [-0.4, -0.2) is 20.7 Å². The fourth-order valence-corrected chi connectivity index (χ4v) is 2.61. The summed E-state index contributed by atoms with van der Waals surface area (Å²) in [6.45, 7) is 0.146. The summed E-state index contributed by atoms with van der Waals surface area (Å²) in [7, 11) is -3.12. The minimum atomic E-state index is -3.12. The van der Waals surface area contributed by atoms with Crippen LogP contribution in [0.4, 0.5) is 0 Å². The number of hydrogen-bond donors (Lipinski definition) is 1. The SMILES string of the molecule is NCCS(=O)(=O)Cc1ccccc1Cl. The second kappa shape index (κ2) is 4.77. The summed E-state index contributed by atoms with van der Waals surface area (Å²) in [5, 5.41) is 0.480. The lowest BCUT2D eigenvalue weighted by molar-refractivity contribution is 0.595. The van der Waals surface area contributed by atoms with Crippen molar-refractivity contribution in [3.05, 3.63) is 34.9 Å². The molecule has 0 aliphatic carbocycles. The van der Waals surface area contributed by atoms with Crippen LogP contribution in [0.5, 0.6) is 0 Å². The van der Waals surface area contributed by atoms with E-state index < -0.39 is 9.84 Å². The second-order valence-electron chi connectivity index (χ2n) is 2.97. The van der Waals surface area contributed by atoms with E-state index in [1.54, 1.807) is 24.3 Å². The monoisotopic (exact) mass is 233 g/mol. The van der Waals surface area contributed by atoms with Gasteiger partial charge >= 0.3 is 0 Å². The highest BCUT2D eigenvalue weighted by molar-refractivity contribution is 7.90. The Kier molecular flexibility index (Phi) is 3.92. The molecule has 14 heavy (non-hydrogen) atoms. The normalized spacial score (nSPS) is 11.6. The average Bonchev–Trinajstić information content (AvgIpc) is 2.08. The maximum Gasteiger partial charge on any atom is 0.155 e. The highest BCUT2D eigenvalue weighted by Gasteiger charge is 2.12. The minimum Gasteiger partial charge on any atom is -0.329 e. The Labute approximate surface area is 88.8 Å². The third-order valence-electron chi connectivity index (χ3n) is 1.76. The van der Waals surface area contributed by atoms with Gasteiger partial charge in [-0.15, -0.1) is 0 Å². The molecule has 1 aromatic rings. The van der Waals surface area contributed by atoms with Crippen LogP contribution >= 0.6 is 11.6 Å². The molecular formula is C9H12ClNO2S. The van der Waals surface area contributed by atoms with Crippen molar-refractivity contribution in [1.82, 2.24) is 0 Å². The highest BCUT2D eigenvalue weighted by atomic mass is 35.5. The molecule has 0 spiro atoms. The first kappa shape index (κ1) is 11.5. The molecule has 0 saturated heterocycles. The topological polar surface area (TPSA) is 60.2 Å². The van der Waals surface area contributed by atoms with Crippen LogP contribution in [0.1, 0.15) is 5.56 Å².